The fraction of sp³-hybridized carbons (Fsp3) is 0.100. The molecule has 6 heteroatoms. The maximum atomic E-state index is 13.0. The van der Waals surface area contributed by atoms with Crippen molar-refractivity contribution in [3.05, 3.63) is 83.2 Å². The lowest BCUT2D eigenvalue weighted by Crippen LogP contribution is -2.16. The van der Waals surface area contributed by atoms with E-state index in [2.05, 4.69) is 5.32 Å². The predicted molar refractivity (Wildman–Crippen MR) is 94.2 cm³/mol. The number of anilines is 1. The molecule has 5 nitrogen and oxygen atoms in total. The molecule has 1 aliphatic rings. The van der Waals surface area contributed by atoms with Gasteiger partial charge in [-0.05, 0) is 42.8 Å². The molecule has 1 heterocycles. The van der Waals surface area contributed by atoms with E-state index < -0.39 is 11.8 Å². The van der Waals surface area contributed by atoms with Gasteiger partial charge in [0.25, 0.3) is 0 Å². The fourth-order valence-electron chi connectivity index (χ4n) is 2.37. The van der Waals surface area contributed by atoms with Crippen molar-refractivity contribution in [1.82, 2.24) is 0 Å². The Kier molecular flexibility index (Phi) is 5.12. The van der Waals surface area contributed by atoms with Gasteiger partial charge in [-0.1, -0.05) is 30.3 Å². The molecule has 0 aliphatic carbocycles. The number of carbonyl (C=O) groups is 2. The minimum Gasteiger partial charge on any atom is -0.462 e. The molecule has 0 saturated carbocycles. The quantitative estimate of drug-likeness (QED) is 0.505. The molecular weight excluding hydrogens is 337 g/mol. The van der Waals surface area contributed by atoms with Crippen LogP contribution in [0.1, 0.15) is 12.5 Å². The van der Waals surface area contributed by atoms with Crippen molar-refractivity contribution in [2.24, 2.45) is 0 Å². The van der Waals surface area contributed by atoms with Crippen molar-refractivity contribution in [2.45, 2.75) is 6.92 Å². The Labute approximate surface area is 149 Å². The summed E-state index contributed by atoms with van der Waals surface area (Å²) in [4.78, 5) is 24.8. The summed E-state index contributed by atoms with van der Waals surface area (Å²) in [7, 11) is 0. The lowest BCUT2D eigenvalue weighted by Gasteiger charge is -2.08. The van der Waals surface area contributed by atoms with Crippen molar-refractivity contribution in [1.29, 1.82) is 0 Å². The maximum Gasteiger partial charge on any atom is 0.347 e. The van der Waals surface area contributed by atoms with Crippen LogP contribution in [0.25, 0.3) is 6.08 Å². The molecule has 0 radical (unpaired) electrons. The zero-order chi connectivity index (χ0) is 18.5. The molecular formula is C20H16FNO4. The Balaban J connectivity index is 1.93. The number of para-hydroxylation sites is 1. The molecule has 0 unspecified atom stereocenters. The van der Waals surface area contributed by atoms with Gasteiger partial charge in [0, 0.05) is 5.69 Å². The van der Waals surface area contributed by atoms with Crippen LogP contribution in [0.5, 0.6) is 0 Å². The van der Waals surface area contributed by atoms with Gasteiger partial charge < -0.3 is 14.8 Å². The number of nitrogens with one attached hydrogen (secondary N) is 1. The SMILES string of the molecule is CCOC(=O)C1=C(Nc2ccccc2)O/C(=C\c2ccc(F)cc2)C1=O. The largest absolute Gasteiger partial charge is 0.462 e. The van der Waals surface area contributed by atoms with Crippen molar-refractivity contribution >= 4 is 23.5 Å². The van der Waals surface area contributed by atoms with Crippen LogP contribution < -0.4 is 5.32 Å². The average Bonchev–Trinajstić information content (AvgIpc) is 2.93. The average molecular weight is 353 g/mol. The molecule has 3 rings (SSSR count). The van der Waals surface area contributed by atoms with Crippen LogP contribution in [-0.2, 0) is 19.1 Å². The first-order valence-electron chi connectivity index (χ1n) is 8.01. The van der Waals surface area contributed by atoms with E-state index in [-0.39, 0.29) is 29.6 Å². The minimum absolute atomic E-state index is 0.00742. The summed E-state index contributed by atoms with van der Waals surface area (Å²) in [5.41, 5.74) is 1.02. The third kappa shape index (κ3) is 3.80. The van der Waals surface area contributed by atoms with Gasteiger partial charge in [0.1, 0.15) is 5.82 Å². The normalized spacial score (nSPS) is 15.2. The number of benzene rings is 2. The summed E-state index contributed by atoms with van der Waals surface area (Å²) >= 11 is 0. The fourth-order valence-corrected chi connectivity index (χ4v) is 2.37. The summed E-state index contributed by atoms with van der Waals surface area (Å²) in [5, 5.41) is 2.92. The molecule has 0 bridgehead atoms. The maximum absolute atomic E-state index is 13.0. The molecule has 26 heavy (non-hydrogen) atoms. The molecule has 0 saturated heterocycles. The van der Waals surface area contributed by atoms with E-state index in [9.17, 15) is 14.0 Å². The van der Waals surface area contributed by atoms with Crippen LogP contribution in [-0.4, -0.2) is 18.4 Å². The molecule has 2 aromatic carbocycles. The Morgan fingerprint density at radius 3 is 2.50 bits per heavy atom. The number of halogens is 1. The molecule has 0 amide bonds. The Bertz CT molecular complexity index is 886. The number of ether oxygens (including phenoxy) is 2. The topological polar surface area (TPSA) is 64.6 Å². The van der Waals surface area contributed by atoms with Gasteiger partial charge in [-0.2, -0.15) is 0 Å². The number of carbonyl (C=O) groups excluding carboxylic acids is 2. The van der Waals surface area contributed by atoms with E-state index in [1.54, 1.807) is 31.2 Å². The van der Waals surface area contributed by atoms with Crippen LogP contribution in [0.4, 0.5) is 10.1 Å². The van der Waals surface area contributed by atoms with E-state index in [0.717, 1.165) is 0 Å². The van der Waals surface area contributed by atoms with Crippen LogP contribution in [0, 0.1) is 5.82 Å². The highest BCUT2D eigenvalue weighted by atomic mass is 19.1. The van der Waals surface area contributed by atoms with Gasteiger partial charge in [0.2, 0.25) is 11.7 Å². The summed E-state index contributed by atoms with van der Waals surface area (Å²) < 4.78 is 23.6. The van der Waals surface area contributed by atoms with E-state index in [1.807, 2.05) is 6.07 Å². The molecule has 1 N–H and O–H groups in total. The van der Waals surface area contributed by atoms with Gasteiger partial charge in [-0.3, -0.25) is 4.79 Å². The third-order valence-electron chi connectivity index (χ3n) is 3.57. The zero-order valence-electron chi connectivity index (χ0n) is 14.0. The molecule has 0 fully saturated rings. The van der Waals surface area contributed by atoms with Crippen LogP contribution in [0.3, 0.4) is 0 Å². The molecule has 2 aromatic rings. The predicted octanol–water partition coefficient (Wildman–Crippen LogP) is 3.65. The van der Waals surface area contributed by atoms with E-state index >= 15 is 0 Å². The third-order valence-corrected chi connectivity index (χ3v) is 3.57. The van der Waals surface area contributed by atoms with Gasteiger partial charge in [-0.25, -0.2) is 9.18 Å². The van der Waals surface area contributed by atoms with Crippen LogP contribution in [0.2, 0.25) is 0 Å². The smallest absolute Gasteiger partial charge is 0.347 e. The highest BCUT2D eigenvalue weighted by molar-refractivity contribution is 6.26. The van der Waals surface area contributed by atoms with Crippen molar-refractivity contribution in [3.63, 3.8) is 0 Å². The van der Waals surface area contributed by atoms with Crippen LogP contribution in [0.15, 0.2) is 71.8 Å². The van der Waals surface area contributed by atoms with Gasteiger partial charge in [0.05, 0.1) is 6.61 Å². The summed E-state index contributed by atoms with van der Waals surface area (Å²) in [6.45, 7) is 1.78. The van der Waals surface area contributed by atoms with Crippen molar-refractivity contribution < 1.29 is 23.5 Å². The second-order valence-corrected chi connectivity index (χ2v) is 5.41. The number of allylic oxidation sites excluding steroid dienone is 1. The monoisotopic (exact) mass is 353 g/mol. The number of rotatable bonds is 5. The molecule has 0 aromatic heterocycles. The Morgan fingerprint density at radius 2 is 1.85 bits per heavy atom. The second-order valence-electron chi connectivity index (χ2n) is 5.41. The number of hydrogen-bond donors (Lipinski definition) is 1. The summed E-state index contributed by atoms with van der Waals surface area (Å²) in [6.07, 6.45) is 1.45. The van der Waals surface area contributed by atoms with E-state index in [1.165, 1.54) is 30.3 Å². The summed E-state index contributed by atoms with van der Waals surface area (Å²) in [5.74, 6) is -1.78. The lowest BCUT2D eigenvalue weighted by atomic mass is 10.1. The standard InChI is InChI=1S/C20H16FNO4/c1-2-25-20(24)17-18(23)16(12-13-8-10-14(21)11-9-13)26-19(17)22-15-6-4-3-5-7-15/h3-12,22H,2H2,1H3/b16-12-. The first-order chi connectivity index (χ1) is 12.6. The Morgan fingerprint density at radius 1 is 1.15 bits per heavy atom. The number of esters is 1. The zero-order valence-corrected chi connectivity index (χ0v) is 14.0. The van der Waals surface area contributed by atoms with Crippen molar-refractivity contribution in [2.75, 3.05) is 11.9 Å². The number of Topliss-reactive ketones (excluding diaryl/α,β-unsaturated/α-hetero) is 1. The van der Waals surface area contributed by atoms with Gasteiger partial charge in [0.15, 0.2) is 11.3 Å². The van der Waals surface area contributed by atoms with Crippen LogP contribution >= 0.6 is 0 Å². The van der Waals surface area contributed by atoms with Gasteiger partial charge in [-0.15, -0.1) is 0 Å². The number of hydrogen-bond acceptors (Lipinski definition) is 5. The van der Waals surface area contributed by atoms with E-state index in [4.69, 9.17) is 9.47 Å². The highest BCUT2D eigenvalue weighted by Gasteiger charge is 2.36. The Hall–Kier alpha value is -3.41. The van der Waals surface area contributed by atoms with Crippen molar-refractivity contribution in [3.8, 4) is 0 Å². The lowest BCUT2D eigenvalue weighted by molar-refractivity contribution is -0.139. The molecule has 0 spiro atoms. The highest BCUT2D eigenvalue weighted by Crippen LogP contribution is 2.28. The first kappa shape index (κ1) is 17.4. The second kappa shape index (κ2) is 7.65. The minimum atomic E-state index is -0.765. The molecule has 0 atom stereocenters. The molecule has 1 aliphatic heterocycles. The summed E-state index contributed by atoms with van der Waals surface area (Å²) in [6, 6.07) is 14.5. The number of ketones is 1. The molecule has 132 valence electrons. The van der Waals surface area contributed by atoms with E-state index in [0.29, 0.717) is 11.3 Å². The van der Waals surface area contributed by atoms with Gasteiger partial charge >= 0.3 is 5.97 Å². The first-order valence-corrected chi connectivity index (χ1v) is 8.01.